The first-order valence-electron chi connectivity index (χ1n) is 45.0. The Balaban J connectivity index is 0.000000172. The molecule has 0 aliphatic heterocycles. The number of aromatic hydroxyl groups is 6. The van der Waals surface area contributed by atoms with Gasteiger partial charge in [0.1, 0.15) is 40.3 Å². The molecule has 6 N–H and O–H groups in total. The summed E-state index contributed by atoms with van der Waals surface area (Å²) in [6.07, 6.45) is 11.2. The third-order valence-corrected chi connectivity index (χ3v) is 28.9. The second kappa shape index (κ2) is 53.7. The van der Waals surface area contributed by atoms with Gasteiger partial charge in [0.25, 0.3) is 0 Å². The molecular weight excluding hydrogens is 1840 g/mol. The molecule has 15 aromatic carbocycles. The number of ether oxygens (including phenoxy) is 4. The number of para-hydroxylation sites is 6. The second-order valence-electron chi connectivity index (χ2n) is 34.9. The molecule has 0 fully saturated rings. The molecule has 0 saturated carbocycles. The molecule has 6 unspecified atom stereocenters. The lowest BCUT2D eigenvalue weighted by Gasteiger charge is -2.13. The predicted octanol–water partition coefficient (Wildman–Crippen LogP) is 22.4. The van der Waals surface area contributed by atoms with Gasteiger partial charge >= 0.3 is 0 Å². The molecule has 0 aliphatic rings. The van der Waals surface area contributed by atoms with Gasteiger partial charge in [-0.05, 0) is 236 Å². The maximum atomic E-state index is 13.8. The van der Waals surface area contributed by atoms with E-state index in [1.807, 2.05) is 245 Å². The Kier molecular flexibility index (Phi) is 41.7. The summed E-state index contributed by atoms with van der Waals surface area (Å²) < 4.78 is 34.7. The maximum absolute atomic E-state index is 13.8. The van der Waals surface area contributed by atoms with Gasteiger partial charge < -0.3 is 49.6 Å². The van der Waals surface area contributed by atoms with Crippen molar-refractivity contribution in [3.05, 3.63) is 389 Å². The summed E-state index contributed by atoms with van der Waals surface area (Å²) >= 11 is 0. The maximum Gasteiger partial charge on any atom is 0.165 e. The summed E-state index contributed by atoms with van der Waals surface area (Å²) in [4.78, 5) is 27.3. The fourth-order valence-electron chi connectivity index (χ4n) is 13.0. The van der Waals surface area contributed by atoms with Crippen LogP contribution in [0.5, 0.6) is 57.5 Å². The minimum absolute atomic E-state index is 0.0481. The lowest BCUT2D eigenvalue weighted by Crippen LogP contribution is -2.13. The van der Waals surface area contributed by atoms with Crippen molar-refractivity contribution in [3.8, 4) is 57.5 Å². The molecule has 6 atom stereocenters. The number of rotatable bonds is 25. The molecule has 0 spiro atoms. The number of hydrogen-bond acceptors (Lipinski definition) is 16. The summed E-state index contributed by atoms with van der Waals surface area (Å²) in [5, 5.41) is 73.1. The van der Waals surface area contributed by atoms with Crippen LogP contribution >= 0.6 is 51.5 Å². The summed E-state index contributed by atoms with van der Waals surface area (Å²) in [6.45, 7) is 26.9. The number of phenols is 6. The Hall–Kier alpha value is -13.2. The van der Waals surface area contributed by atoms with Crippen LogP contribution < -0.4 is 82.6 Å². The average Bonchev–Trinajstić information content (AvgIpc) is 0.823. The zero-order valence-corrected chi connectivity index (χ0v) is 87.5. The largest absolute Gasteiger partial charge is 0.507 e. The van der Waals surface area contributed by atoms with Crippen LogP contribution in [0.3, 0.4) is 0 Å². The van der Waals surface area contributed by atoms with Gasteiger partial charge in [0.15, 0.2) is 23.0 Å². The lowest BCUT2D eigenvalue weighted by molar-refractivity contribution is 0.366. The number of aryl methyl sites for hydroxylation is 4. The zero-order chi connectivity index (χ0) is 100. The first kappa shape index (κ1) is 108. The normalized spacial score (nSPS) is 11.9. The highest BCUT2D eigenvalue weighted by Gasteiger charge is 2.19. The smallest absolute Gasteiger partial charge is 0.165 e. The number of phenolic OH excluding ortho intramolecular Hbond substituents is 6. The van der Waals surface area contributed by atoms with Crippen molar-refractivity contribution in [1.82, 2.24) is 0 Å². The van der Waals surface area contributed by atoms with Crippen molar-refractivity contribution in [2.45, 2.75) is 107 Å². The topological polar surface area (TPSA) is 232 Å². The van der Waals surface area contributed by atoms with Crippen LogP contribution in [0.15, 0.2) is 358 Å². The van der Waals surface area contributed by atoms with E-state index in [-0.39, 0.29) is 48.3 Å². The van der Waals surface area contributed by atoms with Gasteiger partial charge in [0, 0.05) is 109 Å². The highest BCUT2D eigenvalue weighted by atomic mass is 31.1. The molecule has 0 amide bonds. The standard InChI is InChI=1S/C21H19FNO3P.2C21H20NO2P.2C18H22NOP.C17H20NOP/c1-25-17-11-18(26-2)21(24)20(12-17)27-19-9-8-15(22)10-14(19)13-23-16-6-4-3-5-7-16;1-15-8-6-9-16(14-22-17-10-4-3-5-11-17)21(15)25-19-13-7-12-18(24-2)20(19)23;1-15-8-11-20(25-21-13-18(24-2)9-10-19(21)23)16(12-15)14-22-17-6-4-3-5-7-17;1-13-8-7-11-16(17(13)20)21-15-10-6-5-9-14(15)12-19-18(2,3)4;1-13-9-10-15(20)17(11-13)21-16-8-6-5-7-14(16)12-19-18(2,3)4;1-17(2,3)18-12-13-8-4-6-10-15(13)20-16-11-7-5-9-14(16)19/h3-13,24,27H,1-2H3;2*3-14,23,25H,1-2H3;2*5-12,20-21H,1-4H3;4-12,19-20H,1-3H3. The van der Waals surface area contributed by atoms with E-state index in [4.69, 9.17) is 18.9 Å². The van der Waals surface area contributed by atoms with E-state index in [0.717, 1.165) is 98.9 Å². The Morgan fingerprint density at radius 3 is 1.10 bits per heavy atom. The molecule has 0 radical (unpaired) electrons. The molecule has 0 aromatic heterocycles. The van der Waals surface area contributed by atoms with Gasteiger partial charge in [-0.3, -0.25) is 30.0 Å². The molecule has 0 saturated heterocycles. The molecule has 0 aliphatic carbocycles. The number of methoxy groups -OCH3 is 4. The van der Waals surface area contributed by atoms with Gasteiger partial charge in [-0.1, -0.05) is 281 Å². The van der Waals surface area contributed by atoms with Crippen LogP contribution in [0.25, 0.3) is 0 Å². The van der Waals surface area contributed by atoms with E-state index in [1.165, 1.54) is 51.6 Å². The van der Waals surface area contributed by atoms with Crippen LogP contribution in [-0.4, -0.2) is 113 Å². The number of aliphatic imine (C=N–C) groups is 6. The van der Waals surface area contributed by atoms with Crippen molar-refractivity contribution in [2.75, 3.05) is 28.4 Å². The number of halogens is 1. The van der Waals surface area contributed by atoms with Crippen LogP contribution in [-0.2, 0) is 0 Å². The summed E-state index contributed by atoms with van der Waals surface area (Å²) in [5.41, 5.74) is 12.9. The van der Waals surface area contributed by atoms with Gasteiger partial charge in [-0.15, -0.1) is 0 Å². The molecule has 714 valence electrons. The minimum atomic E-state index is -0.342. The van der Waals surface area contributed by atoms with Crippen molar-refractivity contribution in [3.63, 3.8) is 0 Å². The van der Waals surface area contributed by atoms with Crippen molar-refractivity contribution in [1.29, 1.82) is 0 Å². The monoisotopic (exact) mass is 1960 g/mol. The second-order valence-corrected chi connectivity index (χ2v) is 42.8. The average molecular weight is 1970 g/mol. The lowest BCUT2D eigenvalue weighted by atomic mass is 10.1. The Labute approximate surface area is 829 Å². The summed E-state index contributed by atoms with van der Waals surface area (Å²) in [6, 6.07) is 104. The molecule has 16 nitrogen and oxygen atoms in total. The minimum Gasteiger partial charge on any atom is -0.507 e. The fourth-order valence-corrected chi connectivity index (χ4v) is 20.3. The number of nitrogens with zero attached hydrogens (tertiary/aromatic N) is 6. The molecule has 15 rings (SSSR count). The van der Waals surface area contributed by atoms with Crippen molar-refractivity contribution < 1.29 is 54.0 Å². The van der Waals surface area contributed by atoms with Crippen LogP contribution in [0.4, 0.5) is 21.5 Å². The highest BCUT2D eigenvalue weighted by molar-refractivity contribution is 7.57. The molecule has 0 heterocycles. The van der Waals surface area contributed by atoms with Gasteiger partial charge in [0.05, 0.1) is 62.1 Å². The first-order chi connectivity index (χ1) is 66.6. The quantitative estimate of drug-likeness (QED) is 0.0234. The summed E-state index contributed by atoms with van der Waals surface area (Å²) in [5.74, 6) is 3.46. The Morgan fingerprint density at radius 1 is 0.252 bits per heavy atom. The molecule has 23 heteroatoms. The molecular formula is C116H123FN6O10P6. The van der Waals surface area contributed by atoms with Crippen LogP contribution in [0.2, 0.25) is 0 Å². The predicted molar refractivity (Wildman–Crippen MR) is 601 cm³/mol. The van der Waals surface area contributed by atoms with Gasteiger partial charge in [0.2, 0.25) is 0 Å². The Bertz CT molecular complexity index is 6630. The van der Waals surface area contributed by atoms with Crippen LogP contribution in [0, 0.1) is 33.5 Å². The molecule has 139 heavy (non-hydrogen) atoms. The van der Waals surface area contributed by atoms with E-state index in [9.17, 15) is 35.0 Å². The number of hydrogen-bond donors (Lipinski definition) is 6. The van der Waals surface area contributed by atoms with Crippen molar-refractivity contribution in [2.24, 2.45) is 30.0 Å². The molecule has 15 aromatic rings. The van der Waals surface area contributed by atoms with Gasteiger partial charge in [-0.25, -0.2) is 4.39 Å². The van der Waals surface area contributed by atoms with Gasteiger partial charge in [-0.2, -0.15) is 0 Å². The third kappa shape index (κ3) is 35.7. The SMILES string of the molecule is CC(C)(C)N=Cc1ccccc1Pc1ccccc1O.COc1cc(OC)c(O)c(Pc2ccc(F)cc2C=Nc2ccccc2)c1.COc1ccc(O)c(Pc2ccc(C)cc2C=Nc2ccccc2)c1.COc1cccc(Pc2c(C)cccc2C=Nc2ccccc2)c1O.Cc1ccc(O)c(Pc2ccccc2C=NC(C)(C)C)c1.Cc1cccc(Pc2ccccc2C=NC(C)(C)C)c1O. The zero-order valence-electron chi connectivity index (χ0n) is 81.5. The summed E-state index contributed by atoms with van der Waals surface area (Å²) in [7, 11) is 8.20. The van der Waals surface area contributed by atoms with E-state index in [2.05, 4.69) is 173 Å². The number of benzene rings is 15. The van der Waals surface area contributed by atoms with E-state index in [0.29, 0.717) is 88.3 Å². The Morgan fingerprint density at radius 2 is 0.604 bits per heavy atom. The van der Waals surface area contributed by atoms with Crippen LogP contribution in [0.1, 0.15) is 118 Å². The first-order valence-corrected chi connectivity index (χ1v) is 51.0. The highest BCUT2D eigenvalue weighted by Crippen LogP contribution is 2.36. The molecule has 0 bridgehead atoms. The fraction of sp³-hybridized carbons (Fsp3) is 0.172. The van der Waals surface area contributed by atoms with E-state index in [1.54, 1.807) is 76.1 Å². The third-order valence-electron chi connectivity index (χ3n) is 20.3. The van der Waals surface area contributed by atoms with Crippen molar-refractivity contribution >= 4 is 169 Å². The van der Waals surface area contributed by atoms with E-state index >= 15 is 0 Å². The van der Waals surface area contributed by atoms with E-state index < -0.39 is 0 Å².